The Morgan fingerprint density at radius 2 is 1.90 bits per heavy atom. The van der Waals surface area contributed by atoms with Gasteiger partial charge in [0, 0.05) is 24.0 Å². The van der Waals surface area contributed by atoms with Crippen LogP contribution in [0.25, 0.3) is 11.6 Å². The smallest absolute Gasteiger partial charge is 0.211 e. The highest BCUT2D eigenvalue weighted by atomic mass is 32.1. The van der Waals surface area contributed by atoms with Crippen LogP contribution in [0.15, 0.2) is 58.5 Å². The summed E-state index contributed by atoms with van der Waals surface area (Å²) in [5, 5.41) is 10.9. The Morgan fingerprint density at radius 1 is 1.13 bits per heavy atom. The molecule has 0 amide bonds. The Balaban J connectivity index is 1.80. The van der Waals surface area contributed by atoms with Crippen LogP contribution in [0, 0.1) is 0 Å². The van der Waals surface area contributed by atoms with Crippen molar-refractivity contribution in [3.8, 4) is 11.6 Å². The van der Waals surface area contributed by atoms with Crippen molar-refractivity contribution in [1.82, 2.24) is 4.57 Å². The zero-order valence-electron chi connectivity index (χ0n) is 17.1. The first kappa shape index (κ1) is 20.1. The molecule has 1 aliphatic heterocycles. The van der Waals surface area contributed by atoms with Crippen molar-refractivity contribution in [3.05, 3.63) is 63.8 Å². The van der Waals surface area contributed by atoms with Gasteiger partial charge in [0.2, 0.25) is 5.88 Å². The molecule has 30 heavy (non-hydrogen) atoms. The molecule has 0 atom stereocenters. The summed E-state index contributed by atoms with van der Waals surface area (Å²) in [4.78, 5) is 10.8. The highest BCUT2D eigenvalue weighted by Gasteiger charge is 2.19. The number of para-hydroxylation sites is 1. The standard InChI is InChI=1S/C23H23N3O3S/c1-15-19(18-6-4-5-7-20(18)24-15)14-21-22(27)26(12-13-28-2)23(30-21)25-16-8-10-17(29-3)11-9-16/h4-11,14,27H,12-13H2,1-3H3/b19-14+,25-23?. The number of aromatic nitrogens is 1. The van der Waals surface area contributed by atoms with Crippen LogP contribution in [0.1, 0.15) is 17.4 Å². The molecule has 4 rings (SSSR count). The lowest BCUT2D eigenvalue weighted by Gasteiger charge is -2.05. The summed E-state index contributed by atoms with van der Waals surface area (Å²) in [6, 6.07) is 15.5. The summed E-state index contributed by atoms with van der Waals surface area (Å²) in [5.41, 5.74) is 4.75. The first-order valence-corrected chi connectivity index (χ1v) is 10.4. The number of ether oxygens (including phenoxy) is 2. The monoisotopic (exact) mass is 421 g/mol. The molecule has 1 aromatic heterocycles. The van der Waals surface area contributed by atoms with E-state index < -0.39 is 0 Å². The van der Waals surface area contributed by atoms with Gasteiger partial charge in [-0.15, -0.1) is 0 Å². The molecule has 7 heteroatoms. The summed E-state index contributed by atoms with van der Waals surface area (Å²) in [6.07, 6.45) is 1.99. The minimum atomic E-state index is 0.175. The van der Waals surface area contributed by atoms with Crippen molar-refractivity contribution in [3.63, 3.8) is 0 Å². The van der Waals surface area contributed by atoms with Crippen LogP contribution in [0.2, 0.25) is 0 Å². The van der Waals surface area contributed by atoms with Crippen molar-refractivity contribution in [2.24, 2.45) is 9.98 Å². The van der Waals surface area contributed by atoms with Gasteiger partial charge in [-0.2, -0.15) is 0 Å². The first-order valence-electron chi connectivity index (χ1n) is 9.58. The predicted molar refractivity (Wildman–Crippen MR) is 121 cm³/mol. The first-order chi connectivity index (χ1) is 14.6. The van der Waals surface area contributed by atoms with E-state index in [0.29, 0.717) is 18.0 Å². The van der Waals surface area contributed by atoms with Crippen LogP contribution >= 0.6 is 11.3 Å². The summed E-state index contributed by atoms with van der Waals surface area (Å²) in [6.45, 7) is 2.96. The summed E-state index contributed by atoms with van der Waals surface area (Å²) < 4.78 is 12.2. The zero-order valence-corrected chi connectivity index (χ0v) is 17.9. The number of methoxy groups -OCH3 is 2. The van der Waals surface area contributed by atoms with Crippen molar-refractivity contribution in [1.29, 1.82) is 0 Å². The molecule has 0 aliphatic carbocycles. The van der Waals surface area contributed by atoms with E-state index in [1.807, 2.05) is 61.5 Å². The molecule has 0 bridgehead atoms. The molecular weight excluding hydrogens is 398 g/mol. The fraction of sp³-hybridized carbons (Fsp3) is 0.217. The SMILES string of the molecule is COCCn1c(O)c(/C=C2\C(C)=Nc3ccccc32)sc1=Nc1ccc(OC)cc1. The van der Waals surface area contributed by atoms with Gasteiger partial charge in [-0.05, 0) is 43.3 Å². The number of allylic oxidation sites excluding steroid dienone is 1. The highest BCUT2D eigenvalue weighted by molar-refractivity contribution is 7.10. The molecule has 154 valence electrons. The number of thiazole rings is 1. The Hall–Kier alpha value is -3.16. The minimum Gasteiger partial charge on any atom is -0.497 e. The maximum Gasteiger partial charge on any atom is 0.211 e. The maximum atomic E-state index is 10.9. The third-order valence-corrected chi connectivity index (χ3v) is 5.89. The Labute approximate surface area is 179 Å². The van der Waals surface area contributed by atoms with Crippen molar-refractivity contribution >= 4 is 40.1 Å². The van der Waals surface area contributed by atoms with E-state index in [0.717, 1.165) is 38.8 Å². The molecule has 6 nitrogen and oxygen atoms in total. The topological polar surface area (TPSA) is 68.3 Å². The zero-order chi connectivity index (χ0) is 21.1. The fourth-order valence-electron chi connectivity index (χ4n) is 3.30. The van der Waals surface area contributed by atoms with Gasteiger partial charge in [0.25, 0.3) is 0 Å². The molecule has 0 saturated carbocycles. The fourth-order valence-corrected chi connectivity index (χ4v) is 4.31. The maximum absolute atomic E-state index is 10.9. The number of benzene rings is 2. The number of aliphatic imine (C=N–C) groups is 1. The van der Waals surface area contributed by atoms with Gasteiger partial charge in [-0.25, -0.2) is 4.99 Å². The van der Waals surface area contributed by atoms with Crippen LogP contribution in [0.4, 0.5) is 11.4 Å². The lowest BCUT2D eigenvalue weighted by Crippen LogP contribution is -2.16. The molecule has 1 aliphatic rings. The average Bonchev–Trinajstić information content (AvgIpc) is 3.23. The second-order valence-corrected chi connectivity index (χ2v) is 7.81. The van der Waals surface area contributed by atoms with E-state index in [4.69, 9.17) is 14.5 Å². The number of hydrogen-bond acceptors (Lipinski definition) is 6. The number of nitrogens with zero attached hydrogens (tertiary/aromatic N) is 3. The van der Waals surface area contributed by atoms with Crippen LogP contribution in [-0.2, 0) is 11.3 Å². The molecule has 0 spiro atoms. The Kier molecular flexibility index (Phi) is 5.83. The Bertz CT molecular complexity index is 1190. The normalized spacial score (nSPS) is 14.8. The van der Waals surface area contributed by atoms with Crippen molar-refractivity contribution < 1.29 is 14.6 Å². The van der Waals surface area contributed by atoms with Crippen LogP contribution in [0.3, 0.4) is 0 Å². The summed E-state index contributed by atoms with van der Waals surface area (Å²) in [7, 11) is 3.27. The summed E-state index contributed by atoms with van der Waals surface area (Å²) in [5.74, 6) is 0.948. The van der Waals surface area contributed by atoms with E-state index in [-0.39, 0.29) is 5.88 Å². The largest absolute Gasteiger partial charge is 0.497 e. The predicted octanol–water partition coefficient (Wildman–Crippen LogP) is 4.79. The quantitative estimate of drug-likeness (QED) is 0.622. The van der Waals surface area contributed by atoms with Gasteiger partial charge in [0.05, 0.1) is 36.5 Å². The third-order valence-electron chi connectivity index (χ3n) is 4.87. The van der Waals surface area contributed by atoms with Gasteiger partial charge in [-0.3, -0.25) is 9.56 Å². The van der Waals surface area contributed by atoms with E-state index >= 15 is 0 Å². The molecule has 0 unspecified atom stereocenters. The van der Waals surface area contributed by atoms with E-state index in [2.05, 4.69) is 4.99 Å². The second kappa shape index (κ2) is 8.69. The molecule has 2 aromatic carbocycles. The molecule has 0 radical (unpaired) electrons. The van der Waals surface area contributed by atoms with Gasteiger partial charge >= 0.3 is 0 Å². The number of hydrogen-bond donors (Lipinski definition) is 1. The third kappa shape index (κ3) is 3.94. The molecular formula is C23H23N3O3S. The van der Waals surface area contributed by atoms with Crippen LogP contribution < -0.4 is 9.54 Å². The van der Waals surface area contributed by atoms with Crippen molar-refractivity contribution in [2.75, 3.05) is 20.8 Å². The molecule has 1 N–H and O–H groups in total. The lowest BCUT2D eigenvalue weighted by molar-refractivity contribution is 0.183. The highest BCUT2D eigenvalue weighted by Crippen LogP contribution is 2.37. The lowest BCUT2D eigenvalue weighted by atomic mass is 10.0. The molecule has 0 saturated heterocycles. The van der Waals surface area contributed by atoms with Crippen LogP contribution in [-0.4, -0.2) is 36.2 Å². The number of aromatic hydroxyl groups is 1. The number of rotatable bonds is 6. The van der Waals surface area contributed by atoms with Crippen molar-refractivity contribution in [2.45, 2.75) is 13.5 Å². The van der Waals surface area contributed by atoms with Gasteiger partial charge in [0.15, 0.2) is 4.80 Å². The summed E-state index contributed by atoms with van der Waals surface area (Å²) >= 11 is 1.43. The average molecular weight is 422 g/mol. The van der Waals surface area contributed by atoms with E-state index in [9.17, 15) is 5.11 Å². The molecule has 3 aromatic rings. The van der Waals surface area contributed by atoms with Crippen LogP contribution in [0.5, 0.6) is 11.6 Å². The van der Waals surface area contributed by atoms with Gasteiger partial charge < -0.3 is 14.6 Å². The Morgan fingerprint density at radius 3 is 2.63 bits per heavy atom. The molecule has 0 fully saturated rings. The van der Waals surface area contributed by atoms with Gasteiger partial charge in [-0.1, -0.05) is 29.5 Å². The number of fused-ring (bicyclic) bond motifs is 1. The van der Waals surface area contributed by atoms with E-state index in [1.54, 1.807) is 18.8 Å². The van der Waals surface area contributed by atoms with Gasteiger partial charge in [0.1, 0.15) is 5.75 Å². The van der Waals surface area contributed by atoms with E-state index in [1.165, 1.54) is 11.3 Å². The minimum absolute atomic E-state index is 0.175. The molecule has 2 heterocycles. The second-order valence-electron chi connectivity index (χ2n) is 6.80.